The minimum Gasteiger partial charge on any atom is -0.366 e. The van der Waals surface area contributed by atoms with Gasteiger partial charge in [0.2, 0.25) is 0 Å². The van der Waals surface area contributed by atoms with Gasteiger partial charge in [0.15, 0.2) is 5.82 Å². The number of ether oxygens (including phenoxy) is 1. The molecular weight excluding hydrogens is 299 g/mol. The second-order valence-corrected chi connectivity index (χ2v) is 5.57. The number of nitrogens with zero attached hydrogens (tertiary/aromatic N) is 4. The van der Waals surface area contributed by atoms with Crippen LogP contribution in [0.2, 0.25) is 0 Å². The molecule has 122 valence electrons. The summed E-state index contributed by atoms with van der Waals surface area (Å²) in [7, 11) is 0. The summed E-state index contributed by atoms with van der Waals surface area (Å²) >= 11 is 0. The SMILES string of the molecule is CCn1cnnc1[C@H]1CN(C(=O)c2cc(C)ccc2F)CCO1. The molecule has 0 N–H and O–H groups in total. The Morgan fingerprint density at radius 3 is 3.09 bits per heavy atom. The maximum Gasteiger partial charge on any atom is 0.257 e. The molecule has 1 fully saturated rings. The first kappa shape index (κ1) is 15.6. The summed E-state index contributed by atoms with van der Waals surface area (Å²) in [4.78, 5) is 14.2. The Bertz CT molecular complexity index is 716. The third kappa shape index (κ3) is 3.10. The van der Waals surface area contributed by atoms with Crippen molar-refractivity contribution in [3.8, 4) is 0 Å². The average molecular weight is 318 g/mol. The second kappa shape index (κ2) is 6.45. The van der Waals surface area contributed by atoms with E-state index >= 15 is 0 Å². The van der Waals surface area contributed by atoms with Crippen LogP contribution >= 0.6 is 0 Å². The quantitative estimate of drug-likeness (QED) is 0.868. The summed E-state index contributed by atoms with van der Waals surface area (Å²) in [5.74, 6) is -0.128. The van der Waals surface area contributed by atoms with Crippen molar-refractivity contribution >= 4 is 5.91 Å². The lowest BCUT2D eigenvalue weighted by Gasteiger charge is -2.32. The summed E-state index contributed by atoms with van der Waals surface area (Å²) in [5.41, 5.74) is 0.952. The van der Waals surface area contributed by atoms with Crippen LogP contribution in [0.1, 0.15) is 34.8 Å². The van der Waals surface area contributed by atoms with Gasteiger partial charge in [0.05, 0.1) is 18.7 Å². The molecule has 1 aromatic carbocycles. The van der Waals surface area contributed by atoms with Gasteiger partial charge in [0, 0.05) is 13.1 Å². The second-order valence-electron chi connectivity index (χ2n) is 5.57. The zero-order chi connectivity index (χ0) is 16.4. The summed E-state index contributed by atoms with van der Waals surface area (Å²) in [6.45, 7) is 5.71. The van der Waals surface area contributed by atoms with Gasteiger partial charge < -0.3 is 14.2 Å². The van der Waals surface area contributed by atoms with E-state index in [2.05, 4.69) is 10.2 Å². The maximum absolute atomic E-state index is 14.0. The molecule has 1 aliphatic heterocycles. The van der Waals surface area contributed by atoms with Crippen LogP contribution in [0.15, 0.2) is 24.5 Å². The van der Waals surface area contributed by atoms with Crippen molar-refractivity contribution < 1.29 is 13.9 Å². The van der Waals surface area contributed by atoms with E-state index in [4.69, 9.17) is 4.74 Å². The fraction of sp³-hybridized carbons (Fsp3) is 0.438. The fourth-order valence-corrected chi connectivity index (χ4v) is 2.72. The van der Waals surface area contributed by atoms with Gasteiger partial charge in [0.25, 0.3) is 5.91 Å². The van der Waals surface area contributed by atoms with Crippen molar-refractivity contribution in [2.45, 2.75) is 26.5 Å². The Balaban J connectivity index is 1.81. The average Bonchev–Trinajstić information content (AvgIpc) is 3.05. The van der Waals surface area contributed by atoms with E-state index in [9.17, 15) is 9.18 Å². The van der Waals surface area contributed by atoms with Crippen LogP contribution in [0.5, 0.6) is 0 Å². The van der Waals surface area contributed by atoms with Gasteiger partial charge in [0.1, 0.15) is 18.2 Å². The topological polar surface area (TPSA) is 60.2 Å². The van der Waals surface area contributed by atoms with Crippen molar-refractivity contribution in [1.82, 2.24) is 19.7 Å². The Kier molecular flexibility index (Phi) is 4.38. The summed E-state index contributed by atoms with van der Waals surface area (Å²) in [6, 6.07) is 4.56. The van der Waals surface area contributed by atoms with Crippen LogP contribution in [0, 0.1) is 12.7 Å². The Labute approximate surface area is 133 Å². The molecule has 1 aliphatic rings. The first-order valence-corrected chi connectivity index (χ1v) is 7.65. The largest absolute Gasteiger partial charge is 0.366 e. The number of carbonyl (C=O) groups is 1. The molecule has 0 bridgehead atoms. The molecule has 3 rings (SSSR count). The minimum atomic E-state index is -0.500. The predicted molar refractivity (Wildman–Crippen MR) is 81.4 cm³/mol. The maximum atomic E-state index is 14.0. The normalized spacial score (nSPS) is 18.2. The van der Waals surface area contributed by atoms with Crippen LogP contribution in [0.4, 0.5) is 4.39 Å². The fourth-order valence-electron chi connectivity index (χ4n) is 2.72. The van der Waals surface area contributed by atoms with Crippen molar-refractivity contribution in [1.29, 1.82) is 0 Å². The van der Waals surface area contributed by atoms with E-state index in [1.54, 1.807) is 23.4 Å². The molecule has 1 amide bonds. The lowest BCUT2D eigenvalue weighted by Crippen LogP contribution is -2.43. The van der Waals surface area contributed by atoms with Crippen LogP contribution in [0.25, 0.3) is 0 Å². The van der Waals surface area contributed by atoms with Gasteiger partial charge in [-0.1, -0.05) is 11.6 Å². The van der Waals surface area contributed by atoms with Crippen LogP contribution < -0.4 is 0 Å². The summed E-state index contributed by atoms with van der Waals surface area (Å²) < 4.78 is 21.6. The summed E-state index contributed by atoms with van der Waals surface area (Å²) in [5, 5.41) is 7.98. The first-order chi connectivity index (χ1) is 11.1. The number of rotatable bonds is 3. The van der Waals surface area contributed by atoms with Crippen molar-refractivity contribution in [2.24, 2.45) is 0 Å². The molecule has 1 saturated heterocycles. The van der Waals surface area contributed by atoms with Crippen molar-refractivity contribution in [3.63, 3.8) is 0 Å². The van der Waals surface area contributed by atoms with Crippen LogP contribution in [-0.2, 0) is 11.3 Å². The Hall–Kier alpha value is -2.28. The van der Waals surface area contributed by atoms with E-state index in [0.29, 0.717) is 25.5 Å². The first-order valence-electron chi connectivity index (χ1n) is 7.65. The highest BCUT2D eigenvalue weighted by Gasteiger charge is 2.30. The molecule has 0 radical (unpaired) electrons. The van der Waals surface area contributed by atoms with Gasteiger partial charge in [-0.25, -0.2) is 4.39 Å². The van der Waals surface area contributed by atoms with E-state index in [1.165, 1.54) is 6.07 Å². The highest BCUT2D eigenvalue weighted by Crippen LogP contribution is 2.22. The summed E-state index contributed by atoms with van der Waals surface area (Å²) in [6.07, 6.45) is 1.29. The number of benzene rings is 1. The third-order valence-corrected chi connectivity index (χ3v) is 3.98. The highest BCUT2D eigenvalue weighted by atomic mass is 19.1. The van der Waals surface area contributed by atoms with Gasteiger partial charge in [-0.2, -0.15) is 0 Å². The van der Waals surface area contributed by atoms with Crippen LogP contribution in [-0.4, -0.2) is 45.3 Å². The molecule has 6 nitrogen and oxygen atoms in total. The molecule has 2 heterocycles. The molecule has 2 aromatic rings. The monoisotopic (exact) mass is 318 g/mol. The Morgan fingerprint density at radius 1 is 1.48 bits per heavy atom. The van der Waals surface area contributed by atoms with Crippen molar-refractivity contribution in [3.05, 3.63) is 47.3 Å². The molecule has 1 atom stereocenters. The number of aromatic nitrogens is 3. The van der Waals surface area contributed by atoms with Gasteiger partial charge in [-0.15, -0.1) is 10.2 Å². The lowest BCUT2D eigenvalue weighted by molar-refractivity contribution is -0.0285. The Morgan fingerprint density at radius 2 is 2.30 bits per heavy atom. The molecule has 23 heavy (non-hydrogen) atoms. The number of hydrogen-bond acceptors (Lipinski definition) is 4. The zero-order valence-electron chi connectivity index (χ0n) is 13.2. The van der Waals surface area contributed by atoms with Crippen LogP contribution in [0.3, 0.4) is 0 Å². The third-order valence-electron chi connectivity index (χ3n) is 3.98. The molecule has 7 heteroatoms. The number of hydrogen-bond donors (Lipinski definition) is 0. The molecule has 0 aliphatic carbocycles. The van der Waals surface area contributed by atoms with E-state index in [0.717, 1.165) is 12.1 Å². The smallest absolute Gasteiger partial charge is 0.257 e. The standard InChI is InChI=1S/C16H19FN4O2/c1-3-20-10-18-19-15(20)14-9-21(6-7-23-14)16(22)12-8-11(2)4-5-13(12)17/h4-5,8,10,14H,3,6-7,9H2,1-2H3/t14-/m1/s1. The number of halogens is 1. The number of morpholine rings is 1. The van der Waals surface area contributed by atoms with E-state index in [-0.39, 0.29) is 17.6 Å². The van der Waals surface area contributed by atoms with Gasteiger partial charge in [-0.3, -0.25) is 4.79 Å². The number of carbonyl (C=O) groups excluding carboxylic acids is 1. The molecular formula is C16H19FN4O2. The molecule has 0 spiro atoms. The van der Waals surface area contributed by atoms with E-state index < -0.39 is 5.82 Å². The zero-order valence-corrected chi connectivity index (χ0v) is 13.2. The van der Waals surface area contributed by atoms with E-state index in [1.807, 2.05) is 18.4 Å². The number of amides is 1. The molecule has 0 saturated carbocycles. The highest BCUT2D eigenvalue weighted by molar-refractivity contribution is 5.94. The van der Waals surface area contributed by atoms with Gasteiger partial charge in [-0.05, 0) is 26.0 Å². The minimum absolute atomic E-state index is 0.0996. The molecule has 0 unspecified atom stereocenters. The molecule has 1 aromatic heterocycles. The lowest BCUT2D eigenvalue weighted by atomic mass is 10.1. The van der Waals surface area contributed by atoms with Gasteiger partial charge >= 0.3 is 0 Å². The number of aryl methyl sites for hydroxylation is 2. The van der Waals surface area contributed by atoms with Crippen molar-refractivity contribution in [2.75, 3.05) is 19.7 Å². The predicted octanol–water partition coefficient (Wildman–Crippen LogP) is 1.96.